The molecule has 1 aliphatic carbocycles. The maximum absolute atomic E-state index is 13.0. The number of carbonyl (C=O) groups is 1. The summed E-state index contributed by atoms with van der Waals surface area (Å²) in [5, 5.41) is 9.36. The Kier molecular flexibility index (Phi) is 6.38. The fourth-order valence-electron chi connectivity index (χ4n) is 4.38. The van der Waals surface area contributed by atoms with E-state index >= 15 is 0 Å². The highest BCUT2D eigenvalue weighted by Crippen LogP contribution is 2.35. The molecule has 1 aromatic carbocycles. The summed E-state index contributed by atoms with van der Waals surface area (Å²) in [5.41, 5.74) is 5.52. The fourth-order valence-corrected chi connectivity index (χ4v) is 5.23. The van der Waals surface area contributed by atoms with Crippen LogP contribution < -0.4 is 17.0 Å². The van der Waals surface area contributed by atoms with Crippen LogP contribution in [0.3, 0.4) is 0 Å². The van der Waals surface area contributed by atoms with Gasteiger partial charge in [-0.25, -0.2) is 4.79 Å². The molecule has 0 amide bonds. The standard InChI is InChI=1S/C23H27N7O3S/c24-20-19(21(32)25-22(33)30(20)16-9-10-16)17(31)14-34-23-27-26-18(13-28-11-5-2-6-12-28)29(23)15-7-3-1-4-8-15/h1,3-4,7-8,16H,2,5-6,9-14,24H2,(H,25,32,33). The minimum absolute atomic E-state index is 0.0508. The number of nitrogens with one attached hydrogen (secondary N) is 1. The first-order valence-electron chi connectivity index (χ1n) is 11.6. The Hall–Kier alpha value is -3.18. The fraction of sp³-hybridized carbons (Fsp3) is 0.435. The number of nitrogen functional groups attached to an aromatic ring is 1. The molecule has 3 aromatic rings. The topological polar surface area (TPSA) is 132 Å². The zero-order valence-electron chi connectivity index (χ0n) is 18.8. The van der Waals surface area contributed by atoms with Crippen LogP contribution in [0.1, 0.15) is 54.3 Å². The Labute approximate surface area is 200 Å². The number of hydrogen-bond donors (Lipinski definition) is 2. The van der Waals surface area contributed by atoms with Crippen LogP contribution in [0.5, 0.6) is 0 Å². The predicted octanol–water partition coefficient (Wildman–Crippen LogP) is 2.00. The lowest BCUT2D eigenvalue weighted by Crippen LogP contribution is -2.36. The zero-order valence-corrected chi connectivity index (χ0v) is 19.6. The minimum atomic E-state index is -0.750. The van der Waals surface area contributed by atoms with E-state index in [0.29, 0.717) is 11.7 Å². The number of aromatic amines is 1. The van der Waals surface area contributed by atoms with Crippen molar-refractivity contribution in [3.63, 3.8) is 0 Å². The summed E-state index contributed by atoms with van der Waals surface area (Å²) in [7, 11) is 0. The molecule has 10 nitrogen and oxygen atoms in total. The van der Waals surface area contributed by atoms with E-state index in [1.165, 1.54) is 35.6 Å². The Morgan fingerprint density at radius 2 is 1.82 bits per heavy atom. The molecule has 34 heavy (non-hydrogen) atoms. The van der Waals surface area contributed by atoms with Crippen LogP contribution in [0.25, 0.3) is 5.69 Å². The van der Waals surface area contributed by atoms with E-state index in [0.717, 1.165) is 37.4 Å². The van der Waals surface area contributed by atoms with Crippen molar-refractivity contribution >= 4 is 23.4 Å². The van der Waals surface area contributed by atoms with Crippen LogP contribution >= 0.6 is 11.8 Å². The third-order valence-electron chi connectivity index (χ3n) is 6.23. The second-order valence-electron chi connectivity index (χ2n) is 8.74. The normalized spacial score (nSPS) is 16.6. The first-order chi connectivity index (χ1) is 16.5. The molecule has 2 aliphatic rings. The highest BCUT2D eigenvalue weighted by molar-refractivity contribution is 7.99. The van der Waals surface area contributed by atoms with Gasteiger partial charge in [-0.3, -0.25) is 28.6 Å². The van der Waals surface area contributed by atoms with E-state index in [9.17, 15) is 14.4 Å². The van der Waals surface area contributed by atoms with Gasteiger partial charge in [0.25, 0.3) is 5.56 Å². The molecule has 0 radical (unpaired) electrons. The van der Waals surface area contributed by atoms with Crippen molar-refractivity contribution in [3.8, 4) is 5.69 Å². The number of aromatic nitrogens is 5. The highest BCUT2D eigenvalue weighted by atomic mass is 32.2. The van der Waals surface area contributed by atoms with E-state index < -0.39 is 17.0 Å². The smallest absolute Gasteiger partial charge is 0.330 e. The van der Waals surface area contributed by atoms with Crippen molar-refractivity contribution in [1.29, 1.82) is 0 Å². The number of nitrogens with zero attached hydrogens (tertiary/aromatic N) is 5. The monoisotopic (exact) mass is 481 g/mol. The molecule has 1 aliphatic heterocycles. The largest absolute Gasteiger partial charge is 0.384 e. The number of H-pyrrole nitrogens is 1. The Bertz CT molecular complexity index is 1300. The number of ketones is 1. The number of Topliss-reactive ketones (excluding diaryl/α,β-unsaturated/α-hetero) is 1. The number of anilines is 1. The molecule has 0 atom stereocenters. The minimum Gasteiger partial charge on any atom is -0.384 e. The quantitative estimate of drug-likeness (QED) is 0.369. The van der Waals surface area contributed by atoms with Crippen molar-refractivity contribution in [2.45, 2.75) is 49.8 Å². The van der Waals surface area contributed by atoms with Gasteiger partial charge >= 0.3 is 5.69 Å². The van der Waals surface area contributed by atoms with E-state index in [4.69, 9.17) is 5.73 Å². The van der Waals surface area contributed by atoms with Crippen LogP contribution in [0.2, 0.25) is 0 Å². The van der Waals surface area contributed by atoms with Gasteiger partial charge in [0, 0.05) is 11.7 Å². The van der Waals surface area contributed by atoms with Gasteiger partial charge in [-0.2, -0.15) is 0 Å². The second-order valence-corrected chi connectivity index (χ2v) is 9.68. The number of nitrogens with two attached hydrogens (primary N) is 1. The molecule has 1 saturated carbocycles. The number of hydrogen-bond acceptors (Lipinski definition) is 8. The molecule has 2 fully saturated rings. The molecular weight excluding hydrogens is 454 g/mol. The molecule has 5 rings (SSSR count). The van der Waals surface area contributed by atoms with Gasteiger partial charge in [-0.15, -0.1) is 10.2 Å². The van der Waals surface area contributed by atoms with Crippen LogP contribution in [0, 0.1) is 0 Å². The Morgan fingerprint density at radius 3 is 2.53 bits per heavy atom. The number of piperidine rings is 1. The van der Waals surface area contributed by atoms with Gasteiger partial charge < -0.3 is 5.73 Å². The summed E-state index contributed by atoms with van der Waals surface area (Å²) in [6.45, 7) is 2.73. The number of para-hydroxylation sites is 1. The summed E-state index contributed by atoms with van der Waals surface area (Å²) in [5.74, 6) is 0.253. The first-order valence-corrected chi connectivity index (χ1v) is 12.5. The van der Waals surface area contributed by atoms with E-state index in [2.05, 4.69) is 20.1 Å². The Balaban J connectivity index is 1.41. The first kappa shape index (κ1) is 22.6. The molecule has 2 aromatic heterocycles. The van der Waals surface area contributed by atoms with Crippen LogP contribution in [-0.4, -0.2) is 53.8 Å². The van der Waals surface area contributed by atoms with Crippen LogP contribution in [-0.2, 0) is 6.54 Å². The number of thioether (sulfide) groups is 1. The average molecular weight is 482 g/mol. The van der Waals surface area contributed by atoms with Crippen molar-refractivity contribution in [3.05, 3.63) is 62.6 Å². The molecule has 3 N–H and O–H groups in total. The number of carbonyl (C=O) groups excluding carboxylic acids is 1. The maximum Gasteiger partial charge on any atom is 0.330 e. The van der Waals surface area contributed by atoms with E-state index in [1.807, 2.05) is 34.9 Å². The lowest BCUT2D eigenvalue weighted by Gasteiger charge is -2.26. The summed E-state index contributed by atoms with van der Waals surface area (Å²) in [6.07, 6.45) is 5.21. The van der Waals surface area contributed by atoms with E-state index in [1.54, 1.807) is 0 Å². The zero-order chi connectivity index (χ0) is 23.7. The van der Waals surface area contributed by atoms with Gasteiger partial charge in [0.15, 0.2) is 16.8 Å². The molecule has 11 heteroatoms. The van der Waals surface area contributed by atoms with Gasteiger partial charge in [-0.1, -0.05) is 36.4 Å². The second kappa shape index (κ2) is 9.59. The maximum atomic E-state index is 13.0. The highest BCUT2D eigenvalue weighted by Gasteiger charge is 2.30. The number of rotatable bonds is 8. The number of benzene rings is 1. The van der Waals surface area contributed by atoms with Crippen molar-refractivity contribution in [2.24, 2.45) is 0 Å². The number of likely N-dealkylation sites (tertiary alicyclic amines) is 1. The van der Waals surface area contributed by atoms with Gasteiger partial charge in [-0.05, 0) is 50.9 Å². The predicted molar refractivity (Wildman–Crippen MR) is 130 cm³/mol. The summed E-state index contributed by atoms with van der Waals surface area (Å²) in [6, 6.07) is 9.73. The van der Waals surface area contributed by atoms with Crippen molar-refractivity contribution in [2.75, 3.05) is 24.6 Å². The molecular formula is C23H27N7O3S. The third kappa shape index (κ3) is 4.58. The summed E-state index contributed by atoms with van der Waals surface area (Å²) in [4.78, 5) is 42.2. The third-order valence-corrected chi connectivity index (χ3v) is 7.16. The molecule has 1 saturated heterocycles. The Morgan fingerprint density at radius 1 is 1.09 bits per heavy atom. The molecule has 178 valence electrons. The average Bonchev–Trinajstić information content (AvgIpc) is 3.58. The molecule has 0 spiro atoms. The van der Waals surface area contributed by atoms with Crippen LogP contribution in [0.15, 0.2) is 45.1 Å². The molecule has 0 bridgehead atoms. The van der Waals surface area contributed by atoms with Gasteiger partial charge in [0.2, 0.25) is 0 Å². The molecule has 3 heterocycles. The SMILES string of the molecule is Nc1c(C(=O)CSc2nnc(CN3CCCCC3)n2-c2ccccc2)c(=O)[nH]c(=O)n1C1CC1. The van der Waals surface area contributed by atoms with Crippen LogP contribution in [0.4, 0.5) is 5.82 Å². The van der Waals surface area contributed by atoms with Gasteiger partial charge in [0.1, 0.15) is 11.4 Å². The molecule has 0 unspecified atom stereocenters. The van der Waals surface area contributed by atoms with E-state index in [-0.39, 0.29) is 23.2 Å². The van der Waals surface area contributed by atoms with Crippen molar-refractivity contribution < 1.29 is 4.79 Å². The van der Waals surface area contributed by atoms with Crippen molar-refractivity contribution in [1.82, 2.24) is 29.2 Å². The lowest BCUT2D eigenvalue weighted by atomic mass is 10.1. The summed E-state index contributed by atoms with van der Waals surface area (Å²) >= 11 is 1.20. The lowest BCUT2D eigenvalue weighted by molar-refractivity contribution is 0.102. The van der Waals surface area contributed by atoms with Gasteiger partial charge in [0.05, 0.1) is 12.3 Å². The summed E-state index contributed by atoms with van der Waals surface area (Å²) < 4.78 is 3.29.